The number of nitrogens with one attached hydrogen (secondary N) is 2. The second kappa shape index (κ2) is 10.8. The van der Waals surface area contributed by atoms with E-state index in [9.17, 15) is 0 Å². The quantitative estimate of drug-likeness (QED) is 0.196. The zero-order valence-electron chi connectivity index (χ0n) is 26.5. The Balaban J connectivity index is 1.26. The Morgan fingerprint density at radius 3 is 2.63 bits per heavy atom. The van der Waals surface area contributed by atoms with Crippen LogP contribution in [0.25, 0.3) is 44.5 Å². The third-order valence-electron chi connectivity index (χ3n) is 10.8. The molecular weight excluding hydrogens is 555 g/mol. The van der Waals surface area contributed by atoms with Gasteiger partial charge in [0.2, 0.25) is 0 Å². The summed E-state index contributed by atoms with van der Waals surface area (Å²) in [6.07, 6.45) is 14.9. The second-order valence-corrected chi connectivity index (χ2v) is 13.4. The van der Waals surface area contributed by atoms with Gasteiger partial charge in [-0.1, -0.05) is 128 Å². The van der Waals surface area contributed by atoms with Crippen LogP contribution in [0.5, 0.6) is 0 Å². The minimum Gasteiger partial charge on any atom is -0.385 e. The Bertz CT molecular complexity index is 2280. The van der Waals surface area contributed by atoms with E-state index in [2.05, 4.69) is 145 Å². The number of aromatic nitrogens is 1. The summed E-state index contributed by atoms with van der Waals surface area (Å²) < 4.78 is 0. The molecule has 0 saturated carbocycles. The molecule has 0 spiro atoms. The molecule has 9 rings (SSSR count). The molecule has 1 atom stereocenters. The Kier molecular flexibility index (Phi) is 6.42. The number of hydrogen-bond acceptors (Lipinski definition) is 1. The number of allylic oxidation sites excluding steroid dienone is 3. The molecule has 0 radical (unpaired) electrons. The van der Waals surface area contributed by atoms with Crippen LogP contribution in [0.15, 0.2) is 115 Å². The molecule has 46 heavy (non-hydrogen) atoms. The maximum atomic E-state index is 4.02. The highest BCUT2D eigenvalue weighted by atomic mass is 14.9. The van der Waals surface area contributed by atoms with Crippen LogP contribution in [0.4, 0.5) is 5.69 Å². The van der Waals surface area contributed by atoms with Gasteiger partial charge in [-0.2, -0.15) is 0 Å². The van der Waals surface area contributed by atoms with Gasteiger partial charge in [0.05, 0.1) is 5.52 Å². The zero-order chi connectivity index (χ0) is 30.8. The molecule has 0 amide bonds. The number of para-hydroxylation sites is 1. The Labute approximate surface area is 271 Å². The number of aromatic amines is 1. The smallest absolute Gasteiger partial charge is 0.183 e. The summed E-state index contributed by atoms with van der Waals surface area (Å²) in [4.78, 5) is 4.02. The first-order valence-corrected chi connectivity index (χ1v) is 16.8. The third kappa shape index (κ3) is 4.25. The van der Waals surface area contributed by atoms with Crippen molar-refractivity contribution in [2.75, 3.05) is 11.9 Å². The van der Waals surface area contributed by atoms with Crippen LogP contribution in [0.2, 0.25) is 12.6 Å². The van der Waals surface area contributed by atoms with Gasteiger partial charge in [-0.05, 0) is 88.0 Å². The zero-order valence-corrected chi connectivity index (χ0v) is 26.5. The van der Waals surface area contributed by atoms with Gasteiger partial charge in [-0.15, -0.1) is 0 Å². The number of rotatable bonds is 4. The molecule has 2 aliphatic carbocycles. The average Bonchev–Trinajstić information content (AvgIpc) is 3.65. The molecule has 2 N–H and O–H groups in total. The second-order valence-electron chi connectivity index (χ2n) is 13.4. The van der Waals surface area contributed by atoms with E-state index >= 15 is 0 Å². The number of hydrogen-bond donors (Lipinski definition) is 2. The maximum Gasteiger partial charge on any atom is 0.183 e. The van der Waals surface area contributed by atoms with Crippen LogP contribution in [-0.4, -0.2) is 18.2 Å². The number of aryl methyl sites for hydroxylation is 2. The molecule has 222 valence electrons. The molecule has 1 aliphatic heterocycles. The van der Waals surface area contributed by atoms with Crippen molar-refractivity contribution in [3.8, 4) is 11.1 Å². The van der Waals surface area contributed by atoms with Crippen LogP contribution in [0.3, 0.4) is 0 Å². The number of anilines is 1. The fourth-order valence-corrected chi connectivity index (χ4v) is 8.42. The lowest BCUT2D eigenvalue weighted by Gasteiger charge is -2.29. The van der Waals surface area contributed by atoms with Crippen molar-refractivity contribution >= 4 is 51.2 Å². The summed E-state index contributed by atoms with van der Waals surface area (Å²) in [5, 5.41) is 7.77. The molecular formula is C43H37BN2. The van der Waals surface area contributed by atoms with E-state index in [0.29, 0.717) is 12.5 Å². The van der Waals surface area contributed by atoms with Crippen LogP contribution in [0, 0.1) is 6.92 Å². The fraction of sp³-hybridized carbons (Fsp3) is 0.163. The first-order valence-electron chi connectivity index (χ1n) is 16.8. The molecule has 2 heterocycles. The SMILES string of the molecule is CB1c2c(cc3c(c2C2=CCCc4c2[nH]c2c4ccc4ccccc42)-c2ccccc2C3)/C=C\C=C/C1CNc1ccccc1C. The maximum absolute atomic E-state index is 4.02. The number of benzene rings is 5. The van der Waals surface area contributed by atoms with Gasteiger partial charge in [-0.3, -0.25) is 0 Å². The molecule has 0 saturated heterocycles. The van der Waals surface area contributed by atoms with Crippen molar-refractivity contribution in [1.82, 2.24) is 4.98 Å². The van der Waals surface area contributed by atoms with Gasteiger partial charge in [-0.25, -0.2) is 0 Å². The van der Waals surface area contributed by atoms with Crippen molar-refractivity contribution in [2.45, 2.75) is 38.8 Å². The Hall–Kier alpha value is -5.02. The average molecular weight is 593 g/mol. The summed E-state index contributed by atoms with van der Waals surface area (Å²) in [6.45, 7) is 5.82. The summed E-state index contributed by atoms with van der Waals surface area (Å²) in [6, 6.07) is 33.6. The molecule has 3 heteroatoms. The molecule has 0 fully saturated rings. The van der Waals surface area contributed by atoms with Gasteiger partial charge >= 0.3 is 0 Å². The molecule has 5 aromatic carbocycles. The lowest BCUT2D eigenvalue weighted by Crippen LogP contribution is -2.39. The monoisotopic (exact) mass is 592 g/mol. The first kappa shape index (κ1) is 27.3. The van der Waals surface area contributed by atoms with Crippen LogP contribution in [0.1, 0.15) is 45.5 Å². The van der Waals surface area contributed by atoms with E-state index < -0.39 is 0 Å². The van der Waals surface area contributed by atoms with Gasteiger partial charge < -0.3 is 10.3 Å². The summed E-state index contributed by atoms with van der Waals surface area (Å²) in [7, 11) is 0. The number of fused-ring (bicyclic) bond motifs is 9. The van der Waals surface area contributed by atoms with Crippen LogP contribution >= 0.6 is 0 Å². The van der Waals surface area contributed by atoms with Crippen molar-refractivity contribution in [2.24, 2.45) is 0 Å². The molecule has 0 bridgehead atoms. The van der Waals surface area contributed by atoms with Crippen LogP contribution < -0.4 is 10.8 Å². The van der Waals surface area contributed by atoms with Gasteiger partial charge in [0.1, 0.15) is 0 Å². The molecule has 2 nitrogen and oxygen atoms in total. The highest BCUT2D eigenvalue weighted by Gasteiger charge is 2.34. The predicted molar refractivity (Wildman–Crippen MR) is 199 cm³/mol. The van der Waals surface area contributed by atoms with Crippen molar-refractivity contribution in [3.63, 3.8) is 0 Å². The standard InChI is InChI=1S/C43H37BN2/c1-27-12-3-10-21-38(27)45-26-32-16-7-4-15-30-25-31-24-29-14-6-8-17-33(29)39(31)40(41(30)44(32)2)37-20-11-19-35-36-23-22-28-13-5-9-18-34(28)42(36)46-43(35)37/h3-10,12-18,20-23,25,32,45-46H,11,19,24,26H2,1-2H3/b15-4-,16-7-. The largest absolute Gasteiger partial charge is 0.385 e. The lowest BCUT2D eigenvalue weighted by atomic mass is 9.36. The Morgan fingerprint density at radius 2 is 1.70 bits per heavy atom. The minimum absolute atomic E-state index is 0.303. The normalized spacial score (nSPS) is 17.8. The minimum atomic E-state index is 0.303. The summed E-state index contributed by atoms with van der Waals surface area (Å²) in [5.74, 6) is 0.326. The molecule has 1 unspecified atom stereocenters. The van der Waals surface area contributed by atoms with Crippen molar-refractivity contribution in [1.29, 1.82) is 0 Å². The van der Waals surface area contributed by atoms with Crippen molar-refractivity contribution < 1.29 is 0 Å². The molecule has 3 aliphatic rings. The summed E-state index contributed by atoms with van der Waals surface area (Å²) >= 11 is 0. The topological polar surface area (TPSA) is 27.8 Å². The third-order valence-corrected chi connectivity index (χ3v) is 10.8. The first-order chi connectivity index (χ1) is 22.7. The van der Waals surface area contributed by atoms with E-state index in [-0.39, 0.29) is 0 Å². The molecule has 1 aromatic heterocycles. The summed E-state index contributed by atoms with van der Waals surface area (Å²) in [5.41, 5.74) is 17.9. The highest BCUT2D eigenvalue weighted by molar-refractivity contribution is 6.75. The van der Waals surface area contributed by atoms with Gasteiger partial charge in [0, 0.05) is 34.3 Å². The van der Waals surface area contributed by atoms with Gasteiger partial charge in [0.25, 0.3) is 0 Å². The number of H-pyrrole nitrogens is 1. The highest BCUT2D eigenvalue weighted by Crippen LogP contribution is 2.46. The fourth-order valence-electron chi connectivity index (χ4n) is 8.42. The lowest BCUT2D eigenvalue weighted by molar-refractivity contribution is 0.983. The van der Waals surface area contributed by atoms with E-state index in [1.165, 1.54) is 88.6 Å². The van der Waals surface area contributed by atoms with Crippen LogP contribution in [-0.2, 0) is 12.8 Å². The van der Waals surface area contributed by atoms with E-state index in [0.717, 1.165) is 25.8 Å². The van der Waals surface area contributed by atoms with E-state index in [1.54, 1.807) is 0 Å². The Morgan fingerprint density at radius 1 is 0.848 bits per heavy atom. The van der Waals surface area contributed by atoms with Gasteiger partial charge in [0.15, 0.2) is 6.71 Å². The molecule has 6 aromatic rings. The predicted octanol–water partition coefficient (Wildman–Crippen LogP) is 9.98. The van der Waals surface area contributed by atoms with E-state index in [4.69, 9.17) is 0 Å². The van der Waals surface area contributed by atoms with E-state index in [1.807, 2.05) is 0 Å². The van der Waals surface area contributed by atoms with Crippen molar-refractivity contribution in [3.05, 3.63) is 154 Å².